The number of rotatable bonds is 5. The minimum Gasteiger partial charge on any atom is -0.309 e. The predicted molar refractivity (Wildman–Crippen MR) is 202 cm³/mol. The third kappa shape index (κ3) is 4.62. The van der Waals surface area contributed by atoms with Crippen LogP contribution in [0, 0.1) is 0 Å². The lowest BCUT2D eigenvalue weighted by atomic mass is 9.97. The SMILES string of the molecule is O=P(c1ccccc1)(c1ccccc1)c1ccc2cc(-c3cccc(-c4nc5ccccc5c5sc6ccccc6c45)c3)ccc2c1. The fourth-order valence-electron chi connectivity index (χ4n) is 6.80. The standard InChI is InChI=1S/C43H28NOPS/c45-46(34-14-3-1-4-15-34,35-16-5-2-6-17-35)36-25-24-31-26-30(22-23-32(31)28-36)29-12-11-13-33(27-29)42-41-38-19-8-10-21-40(38)47-43(41)37-18-7-9-20-39(37)44-42/h1-28H. The Morgan fingerprint density at radius 2 is 1.09 bits per heavy atom. The number of aromatic nitrogens is 1. The van der Waals surface area contributed by atoms with Gasteiger partial charge in [-0.15, -0.1) is 11.3 Å². The van der Waals surface area contributed by atoms with Gasteiger partial charge in [0.1, 0.15) is 0 Å². The number of hydrogen-bond donors (Lipinski definition) is 0. The molecule has 7 aromatic carbocycles. The van der Waals surface area contributed by atoms with Crippen molar-refractivity contribution in [2.75, 3.05) is 0 Å². The summed E-state index contributed by atoms with van der Waals surface area (Å²) in [7, 11) is -3.05. The second-order valence-corrected chi connectivity index (χ2v) is 15.7. The summed E-state index contributed by atoms with van der Waals surface area (Å²) in [5.74, 6) is 0. The largest absolute Gasteiger partial charge is 0.309 e. The van der Waals surface area contributed by atoms with Gasteiger partial charge in [-0.05, 0) is 52.2 Å². The van der Waals surface area contributed by atoms with Gasteiger partial charge in [-0.3, -0.25) is 0 Å². The molecule has 0 saturated carbocycles. The third-order valence-corrected chi connectivity index (χ3v) is 13.4. The summed E-state index contributed by atoms with van der Waals surface area (Å²) in [6, 6.07) is 58.3. The maximum atomic E-state index is 15.0. The number of para-hydroxylation sites is 1. The van der Waals surface area contributed by atoms with Crippen LogP contribution in [-0.2, 0) is 4.57 Å². The highest BCUT2D eigenvalue weighted by molar-refractivity contribution is 7.85. The Hall–Kier alpha value is -5.34. The summed E-state index contributed by atoms with van der Waals surface area (Å²) in [4.78, 5) is 5.24. The van der Waals surface area contributed by atoms with Gasteiger partial charge in [-0.2, -0.15) is 0 Å². The van der Waals surface area contributed by atoms with E-state index in [2.05, 4.69) is 103 Å². The van der Waals surface area contributed by atoms with Crippen LogP contribution in [0.1, 0.15) is 0 Å². The molecule has 47 heavy (non-hydrogen) atoms. The maximum absolute atomic E-state index is 15.0. The lowest BCUT2D eigenvalue weighted by molar-refractivity contribution is 0.592. The van der Waals surface area contributed by atoms with E-state index in [9.17, 15) is 4.57 Å². The van der Waals surface area contributed by atoms with E-state index in [0.717, 1.165) is 54.6 Å². The lowest BCUT2D eigenvalue weighted by Crippen LogP contribution is -2.24. The molecule has 2 nitrogen and oxygen atoms in total. The molecular formula is C43H28NOPS. The molecule has 0 aliphatic heterocycles. The van der Waals surface area contributed by atoms with Crippen molar-refractivity contribution in [3.8, 4) is 22.4 Å². The molecular weight excluding hydrogens is 610 g/mol. The van der Waals surface area contributed by atoms with Crippen molar-refractivity contribution in [2.45, 2.75) is 0 Å². The zero-order valence-electron chi connectivity index (χ0n) is 25.4. The average molecular weight is 638 g/mol. The molecule has 2 aromatic heterocycles. The first kappa shape index (κ1) is 27.9. The average Bonchev–Trinajstić information content (AvgIpc) is 3.55. The molecule has 0 atom stereocenters. The summed E-state index contributed by atoms with van der Waals surface area (Å²) in [5, 5.41) is 8.36. The van der Waals surface area contributed by atoms with Crippen LogP contribution in [0.3, 0.4) is 0 Å². The first-order valence-electron chi connectivity index (χ1n) is 15.7. The molecule has 9 rings (SSSR count). The van der Waals surface area contributed by atoms with Crippen molar-refractivity contribution >= 4 is 76.2 Å². The van der Waals surface area contributed by atoms with E-state index < -0.39 is 7.14 Å². The summed E-state index contributed by atoms with van der Waals surface area (Å²) in [6.45, 7) is 0. The second kappa shape index (κ2) is 11.2. The first-order chi connectivity index (χ1) is 23.2. The van der Waals surface area contributed by atoms with Crippen molar-refractivity contribution in [1.29, 1.82) is 0 Å². The van der Waals surface area contributed by atoms with Gasteiger partial charge in [0.2, 0.25) is 0 Å². The first-order valence-corrected chi connectivity index (χ1v) is 18.3. The van der Waals surface area contributed by atoms with E-state index in [1.165, 1.54) is 25.6 Å². The number of nitrogens with zero attached hydrogens (tertiary/aromatic N) is 1. The Kier molecular flexibility index (Phi) is 6.64. The molecule has 0 fully saturated rings. The highest BCUT2D eigenvalue weighted by Crippen LogP contribution is 2.44. The molecule has 0 saturated heterocycles. The van der Waals surface area contributed by atoms with Crippen LogP contribution in [0.4, 0.5) is 0 Å². The fraction of sp³-hybridized carbons (Fsp3) is 0. The van der Waals surface area contributed by atoms with Gasteiger partial charge in [-0.25, -0.2) is 4.98 Å². The normalized spacial score (nSPS) is 11.9. The van der Waals surface area contributed by atoms with Crippen LogP contribution >= 0.6 is 18.5 Å². The van der Waals surface area contributed by atoms with Crippen molar-refractivity contribution in [1.82, 2.24) is 4.98 Å². The molecule has 9 aromatic rings. The molecule has 0 aliphatic carbocycles. The maximum Gasteiger partial charge on any atom is 0.171 e. The molecule has 0 radical (unpaired) electrons. The Balaban J connectivity index is 1.16. The highest BCUT2D eigenvalue weighted by atomic mass is 32.1. The number of hydrogen-bond acceptors (Lipinski definition) is 3. The Morgan fingerprint density at radius 1 is 0.468 bits per heavy atom. The van der Waals surface area contributed by atoms with Crippen LogP contribution < -0.4 is 15.9 Å². The zero-order valence-corrected chi connectivity index (χ0v) is 27.1. The minimum atomic E-state index is -3.05. The van der Waals surface area contributed by atoms with Crippen molar-refractivity contribution in [2.24, 2.45) is 0 Å². The van der Waals surface area contributed by atoms with E-state index >= 15 is 0 Å². The van der Waals surface area contributed by atoms with E-state index in [-0.39, 0.29) is 0 Å². The predicted octanol–water partition coefficient (Wildman–Crippen LogP) is 10.7. The number of pyridine rings is 1. The third-order valence-electron chi connectivity index (χ3n) is 9.11. The number of thiophene rings is 1. The molecule has 4 heteroatoms. The zero-order chi connectivity index (χ0) is 31.4. The molecule has 0 unspecified atom stereocenters. The van der Waals surface area contributed by atoms with Crippen LogP contribution in [0.5, 0.6) is 0 Å². The lowest BCUT2D eigenvalue weighted by Gasteiger charge is -2.20. The molecule has 0 amide bonds. The smallest absolute Gasteiger partial charge is 0.171 e. The monoisotopic (exact) mass is 637 g/mol. The van der Waals surface area contributed by atoms with Crippen LogP contribution in [0.2, 0.25) is 0 Å². The molecule has 0 spiro atoms. The molecule has 222 valence electrons. The fourth-order valence-corrected chi connectivity index (χ4v) is 10.7. The van der Waals surface area contributed by atoms with Crippen LogP contribution in [0.25, 0.3) is 64.2 Å². The van der Waals surface area contributed by atoms with Gasteiger partial charge in [-0.1, -0.05) is 140 Å². The second-order valence-electron chi connectivity index (χ2n) is 11.9. The molecule has 0 N–H and O–H groups in total. The molecule has 2 heterocycles. The molecule has 0 bridgehead atoms. The van der Waals surface area contributed by atoms with E-state index in [1.807, 2.05) is 78.1 Å². The van der Waals surface area contributed by atoms with Gasteiger partial charge in [0.25, 0.3) is 0 Å². The van der Waals surface area contributed by atoms with Gasteiger partial charge < -0.3 is 4.57 Å². The summed E-state index contributed by atoms with van der Waals surface area (Å²) >= 11 is 1.84. The van der Waals surface area contributed by atoms with Crippen LogP contribution in [-0.4, -0.2) is 4.98 Å². The van der Waals surface area contributed by atoms with Gasteiger partial charge >= 0.3 is 0 Å². The summed E-state index contributed by atoms with van der Waals surface area (Å²) < 4.78 is 17.5. The van der Waals surface area contributed by atoms with E-state index in [4.69, 9.17) is 4.98 Å². The van der Waals surface area contributed by atoms with Crippen molar-refractivity contribution in [3.63, 3.8) is 0 Å². The quantitative estimate of drug-likeness (QED) is 0.176. The van der Waals surface area contributed by atoms with E-state index in [1.54, 1.807) is 0 Å². The molecule has 0 aliphatic rings. The minimum absolute atomic E-state index is 0.839. The number of fused-ring (bicyclic) bond motifs is 6. The Labute approximate surface area is 277 Å². The summed E-state index contributed by atoms with van der Waals surface area (Å²) in [6.07, 6.45) is 0. The van der Waals surface area contributed by atoms with Crippen molar-refractivity contribution in [3.05, 3.63) is 170 Å². The van der Waals surface area contributed by atoms with E-state index in [0.29, 0.717) is 0 Å². The van der Waals surface area contributed by atoms with Gasteiger partial charge in [0.05, 0.1) is 11.2 Å². The number of benzene rings is 7. The Morgan fingerprint density at radius 3 is 1.87 bits per heavy atom. The van der Waals surface area contributed by atoms with Crippen molar-refractivity contribution < 1.29 is 4.57 Å². The van der Waals surface area contributed by atoms with Gasteiger partial charge in [0, 0.05) is 47.0 Å². The topological polar surface area (TPSA) is 30.0 Å². The van der Waals surface area contributed by atoms with Gasteiger partial charge in [0.15, 0.2) is 7.14 Å². The Bertz CT molecular complexity index is 2620. The highest BCUT2D eigenvalue weighted by Gasteiger charge is 2.29. The summed E-state index contributed by atoms with van der Waals surface area (Å²) in [5.41, 5.74) is 5.39. The van der Waals surface area contributed by atoms with Crippen LogP contribution in [0.15, 0.2) is 170 Å².